The van der Waals surface area contributed by atoms with Crippen molar-refractivity contribution < 1.29 is 0 Å². The van der Waals surface area contributed by atoms with Gasteiger partial charge in [0.2, 0.25) is 0 Å². The predicted molar refractivity (Wildman–Crippen MR) is 66.0 cm³/mol. The lowest BCUT2D eigenvalue weighted by Gasteiger charge is -2.05. The van der Waals surface area contributed by atoms with Crippen molar-refractivity contribution in [3.8, 4) is 0 Å². The molecule has 0 saturated carbocycles. The summed E-state index contributed by atoms with van der Waals surface area (Å²) in [6, 6.07) is 0. The van der Waals surface area contributed by atoms with E-state index in [1.54, 1.807) is 0 Å². The van der Waals surface area contributed by atoms with Gasteiger partial charge in [-0.3, -0.25) is 0 Å². The number of aromatic nitrogens is 3. The fourth-order valence-electron chi connectivity index (χ4n) is 1.67. The molecule has 0 aromatic carbocycles. The zero-order valence-electron chi connectivity index (χ0n) is 10.4. The summed E-state index contributed by atoms with van der Waals surface area (Å²) in [4.78, 5) is 0. The number of unbranched alkanes of at least 4 members (excludes halogenated alkanes) is 4. The van der Waals surface area contributed by atoms with Gasteiger partial charge in [-0.15, -0.1) is 10.2 Å². The summed E-state index contributed by atoms with van der Waals surface area (Å²) in [5.41, 5.74) is 2.29. The molecule has 0 aliphatic carbocycles. The molecule has 0 amide bonds. The van der Waals surface area contributed by atoms with Crippen molar-refractivity contribution in [3.05, 3.63) is 23.9 Å². The normalized spacial score (nSPS) is 10.6. The first kappa shape index (κ1) is 13.1. The lowest BCUT2D eigenvalue weighted by atomic mass is 10.0. The van der Waals surface area contributed by atoms with Gasteiger partial charge in [0.05, 0.1) is 11.9 Å². The van der Waals surface area contributed by atoms with Crippen LogP contribution >= 0.6 is 0 Å². The molecule has 1 aromatic heterocycles. The SMILES string of the molecule is CCCC[CH]c1nnncc1CCCCC. The molecule has 0 aliphatic heterocycles. The van der Waals surface area contributed by atoms with Gasteiger partial charge in [0.15, 0.2) is 0 Å². The number of hydrogen-bond acceptors (Lipinski definition) is 3. The molecule has 0 spiro atoms. The molecule has 1 aromatic rings. The molecule has 0 unspecified atom stereocenters. The molecule has 1 heterocycles. The Kier molecular flexibility index (Phi) is 6.70. The summed E-state index contributed by atoms with van der Waals surface area (Å²) in [6.07, 6.45) is 12.4. The van der Waals surface area contributed by atoms with E-state index >= 15 is 0 Å². The number of nitrogens with zero attached hydrogens (tertiary/aromatic N) is 3. The highest BCUT2D eigenvalue weighted by Crippen LogP contribution is 2.13. The fraction of sp³-hybridized carbons (Fsp3) is 0.692. The van der Waals surface area contributed by atoms with Gasteiger partial charge >= 0.3 is 0 Å². The van der Waals surface area contributed by atoms with Crippen LogP contribution in [0.25, 0.3) is 0 Å². The average Bonchev–Trinajstić information content (AvgIpc) is 2.32. The third-order valence-electron chi connectivity index (χ3n) is 2.69. The van der Waals surface area contributed by atoms with Crippen molar-refractivity contribution >= 4 is 0 Å². The van der Waals surface area contributed by atoms with E-state index in [1.165, 1.54) is 37.7 Å². The zero-order chi connectivity index (χ0) is 11.6. The molecule has 3 heteroatoms. The summed E-state index contributed by atoms with van der Waals surface area (Å²) >= 11 is 0. The van der Waals surface area contributed by atoms with Gasteiger partial charge in [-0.05, 0) is 30.0 Å². The summed E-state index contributed by atoms with van der Waals surface area (Å²) in [5, 5.41) is 11.7. The van der Waals surface area contributed by atoms with Gasteiger partial charge in [0.25, 0.3) is 0 Å². The van der Waals surface area contributed by atoms with Crippen molar-refractivity contribution in [1.29, 1.82) is 0 Å². The summed E-state index contributed by atoms with van der Waals surface area (Å²) in [5.74, 6) is 0. The van der Waals surface area contributed by atoms with Crippen molar-refractivity contribution in [3.63, 3.8) is 0 Å². The first-order chi connectivity index (χ1) is 7.88. The number of aryl methyl sites for hydroxylation is 1. The highest BCUT2D eigenvalue weighted by atomic mass is 15.3. The lowest BCUT2D eigenvalue weighted by Crippen LogP contribution is -2.01. The van der Waals surface area contributed by atoms with Crippen LogP contribution in [0.15, 0.2) is 6.20 Å². The third-order valence-corrected chi connectivity index (χ3v) is 2.69. The smallest absolute Gasteiger partial charge is 0.0734 e. The summed E-state index contributed by atoms with van der Waals surface area (Å²) < 4.78 is 0. The Hall–Kier alpha value is -0.990. The molecule has 0 saturated heterocycles. The lowest BCUT2D eigenvalue weighted by molar-refractivity contribution is 0.696. The van der Waals surface area contributed by atoms with Gasteiger partial charge in [-0.2, -0.15) is 0 Å². The Morgan fingerprint density at radius 1 is 1.12 bits per heavy atom. The number of rotatable bonds is 8. The van der Waals surface area contributed by atoms with Crippen LogP contribution in [0, 0.1) is 6.42 Å². The first-order valence-electron chi connectivity index (χ1n) is 6.39. The first-order valence-corrected chi connectivity index (χ1v) is 6.39. The van der Waals surface area contributed by atoms with Crippen LogP contribution in [0.1, 0.15) is 63.6 Å². The molecule has 3 nitrogen and oxygen atoms in total. The second kappa shape index (κ2) is 8.20. The average molecular weight is 220 g/mol. The minimum atomic E-state index is 1.04. The van der Waals surface area contributed by atoms with Crippen molar-refractivity contribution in [2.45, 2.75) is 58.8 Å². The second-order valence-electron chi connectivity index (χ2n) is 4.15. The highest BCUT2D eigenvalue weighted by molar-refractivity contribution is 5.21. The quantitative estimate of drug-likeness (QED) is 0.631. The van der Waals surface area contributed by atoms with E-state index < -0.39 is 0 Å². The van der Waals surface area contributed by atoms with Gasteiger partial charge in [-0.1, -0.05) is 39.5 Å². The highest BCUT2D eigenvalue weighted by Gasteiger charge is 2.04. The second-order valence-corrected chi connectivity index (χ2v) is 4.15. The molecule has 0 N–H and O–H groups in total. The van der Waals surface area contributed by atoms with Crippen LogP contribution in [0.4, 0.5) is 0 Å². The minimum Gasteiger partial charge on any atom is -0.138 e. The third kappa shape index (κ3) is 4.69. The molecule has 0 aliphatic rings. The largest absolute Gasteiger partial charge is 0.138 e. The minimum absolute atomic E-state index is 1.04. The van der Waals surface area contributed by atoms with Gasteiger partial charge in [-0.25, -0.2) is 0 Å². The molecule has 89 valence electrons. The Morgan fingerprint density at radius 2 is 1.94 bits per heavy atom. The van der Waals surface area contributed by atoms with Crippen LogP contribution in [0.2, 0.25) is 0 Å². The monoisotopic (exact) mass is 220 g/mol. The van der Waals surface area contributed by atoms with E-state index in [1.807, 2.05) is 6.20 Å². The predicted octanol–water partition coefficient (Wildman–Crippen LogP) is 3.35. The fourth-order valence-corrected chi connectivity index (χ4v) is 1.67. The van der Waals surface area contributed by atoms with Crippen molar-refractivity contribution in [1.82, 2.24) is 15.4 Å². The Bertz CT molecular complexity index is 257. The molecular weight excluding hydrogens is 198 g/mol. The van der Waals surface area contributed by atoms with E-state index in [4.69, 9.17) is 0 Å². The van der Waals surface area contributed by atoms with E-state index in [0.717, 1.165) is 18.5 Å². The van der Waals surface area contributed by atoms with Crippen LogP contribution in [-0.4, -0.2) is 15.4 Å². The topological polar surface area (TPSA) is 38.7 Å². The summed E-state index contributed by atoms with van der Waals surface area (Å²) in [7, 11) is 0. The molecule has 16 heavy (non-hydrogen) atoms. The van der Waals surface area contributed by atoms with E-state index in [9.17, 15) is 0 Å². The Labute approximate surface area is 98.7 Å². The van der Waals surface area contributed by atoms with Gasteiger partial charge in [0, 0.05) is 6.42 Å². The molecular formula is C13H22N3. The molecule has 1 radical (unpaired) electrons. The van der Waals surface area contributed by atoms with Gasteiger partial charge < -0.3 is 0 Å². The Morgan fingerprint density at radius 3 is 2.69 bits per heavy atom. The van der Waals surface area contributed by atoms with E-state index in [0.29, 0.717) is 0 Å². The molecule has 1 rings (SSSR count). The standard InChI is InChI=1S/C13H22N3/c1-3-5-7-9-12-11-14-16-15-13(12)10-8-6-4-2/h10-11H,3-9H2,1-2H3. The maximum atomic E-state index is 4.11. The summed E-state index contributed by atoms with van der Waals surface area (Å²) in [6.45, 7) is 4.42. The van der Waals surface area contributed by atoms with Crippen molar-refractivity contribution in [2.75, 3.05) is 0 Å². The van der Waals surface area contributed by atoms with Crippen molar-refractivity contribution in [2.24, 2.45) is 0 Å². The van der Waals surface area contributed by atoms with E-state index in [-0.39, 0.29) is 0 Å². The van der Waals surface area contributed by atoms with E-state index in [2.05, 4.69) is 35.7 Å². The zero-order valence-corrected chi connectivity index (χ0v) is 10.4. The number of hydrogen-bond donors (Lipinski definition) is 0. The van der Waals surface area contributed by atoms with Crippen LogP contribution in [0.5, 0.6) is 0 Å². The van der Waals surface area contributed by atoms with Crippen LogP contribution in [-0.2, 0) is 6.42 Å². The van der Waals surface area contributed by atoms with Crippen LogP contribution < -0.4 is 0 Å². The van der Waals surface area contributed by atoms with Gasteiger partial charge in [0.1, 0.15) is 0 Å². The molecule has 0 bridgehead atoms. The Balaban J connectivity index is 2.46. The molecule has 0 atom stereocenters. The molecule has 0 fully saturated rings. The maximum Gasteiger partial charge on any atom is 0.0734 e. The maximum absolute atomic E-state index is 4.11. The van der Waals surface area contributed by atoms with Crippen LogP contribution in [0.3, 0.4) is 0 Å².